The summed E-state index contributed by atoms with van der Waals surface area (Å²) in [5.74, 6) is 0.539. The van der Waals surface area contributed by atoms with Crippen LogP contribution in [0.1, 0.15) is 39.7 Å². The van der Waals surface area contributed by atoms with E-state index in [1.165, 1.54) is 0 Å². The number of hydrogen-bond acceptors (Lipinski definition) is 7. The predicted molar refractivity (Wildman–Crippen MR) is 151 cm³/mol. The molecule has 0 aliphatic heterocycles. The number of aromatic amines is 1. The molecule has 0 unspecified atom stereocenters. The number of aromatic nitrogens is 6. The van der Waals surface area contributed by atoms with Crippen LogP contribution in [0.3, 0.4) is 0 Å². The molecule has 0 amide bonds. The zero-order chi connectivity index (χ0) is 27.4. The van der Waals surface area contributed by atoms with Gasteiger partial charge in [0.05, 0.1) is 18.7 Å². The molecule has 0 radical (unpaired) electrons. The van der Waals surface area contributed by atoms with Gasteiger partial charge in [-0.1, -0.05) is 47.5 Å². The van der Waals surface area contributed by atoms with Gasteiger partial charge in [-0.15, -0.1) is 5.10 Å². The van der Waals surface area contributed by atoms with Crippen LogP contribution in [-0.4, -0.2) is 48.8 Å². The Labute approximate surface area is 231 Å². The number of fused-ring (bicyclic) bond motifs is 1. The van der Waals surface area contributed by atoms with E-state index < -0.39 is 6.04 Å². The van der Waals surface area contributed by atoms with Gasteiger partial charge in [-0.3, -0.25) is 14.7 Å². The van der Waals surface area contributed by atoms with Crippen molar-refractivity contribution in [3.05, 3.63) is 116 Å². The Balaban J connectivity index is 1.72. The third-order valence-electron chi connectivity index (χ3n) is 6.73. The molecule has 9 nitrogen and oxygen atoms in total. The van der Waals surface area contributed by atoms with Crippen molar-refractivity contribution in [1.82, 2.24) is 35.1 Å². The van der Waals surface area contributed by atoms with E-state index in [0.29, 0.717) is 42.7 Å². The topological polar surface area (TPSA) is 102 Å². The maximum atomic E-state index is 13.8. The van der Waals surface area contributed by atoms with Gasteiger partial charge in [0.15, 0.2) is 5.82 Å². The number of halogens is 1. The van der Waals surface area contributed by atoms with Crippen LogP contribution in [-0.2, 0) is 24.4 Å². The normalized spacial score (nSPS) is 12.3. The molecule has 0 fully saturated rings. The number of ether oxygens (including phenoxy) is 1. The van der Waals surface area contributed by atoms with E-state index in [9.17, 15) is 4.79 Å². The van der Waals surface area contributed by atoms with Gasteiger partial charge in [-0.2, -0.15) is 0 Å². The van der Waals surface area contributed by atoms with Gasteiger partial charge in [0.1, 0.15) is 6.04 Å². The Hall–Kier alpha value is -3.92. The third kappa shape index (κ3) is 5.90. The molecular formula is C29H30ClN7O2. The molecule has 2 aromatic carbocycles. The van der Waals surface area contributed by atoms with Crippen molar-refractivity contribution >= 4 is 22.5 Å². The first-order valence-corrected chi connectivity index (χ1v) is 13.1. The lowest BCUT2D eigenvalue weighted by atomic mass is 9.99. The molecule has 1 N–H and O–H groups in total. The lowest BCUT2D eigenvalue weighted by Gasteiger charge is -2.31. The minimum absolute atomic E-state index is 0.198. The number of pyridine rings is 2. The Bertz CT molecular complexity index is 1630. The highest BCUT2D eigenvalue weighted by Gasteiger charge is 2.31. The largest absolute Gasteiger partial charge is 0.383 e. The summed E-state index contributed by atoms with van der Waals surface area (Å²) in [4.78, 5) is 23.4. The van der Waals surface area contributed by atoms with Crippen LogP contribution in [0.25, 0.3) is 10.9 Å². The summed E-state index contributed by atoms with van der Waals surface area (Å²) >= 11 is 6.62. The van der Waals surface area contributed by atoms with E-state index in [1.807, 2.05) is 62.5 Å². The first-order chi connectivity index (χ1) is 18.9. The minimum Gasteiger partial charge on any atom is -0.383 e. The molecule has 5 rings (SSSR count). The SMILES string of the molecule is COCCn1nnnc1[C@H](c1cc2cc(C)cc(C)c2[nH]c1=O)N(Cc1cccnc1)Cc1ccccc1Cl. The summed E-state index contributed by atoms with van der Waals surface area (Å²) in [6.07, 6.45) is 3.56. The number of H-pyrrole nitrogens is 1. The smallest absolute Gasteiger partial charge is 0.253 e. The van der Waals surface area contributed by atoms with Gasteiger partial charge in [0.25, 0.3) is 5.56 Å². The van der Waals surface area contributed by atoms with Crippen molar-refractivity contribution in [2.75, 3.05) is 13.7 Å². The number of methoxy groups -OCH3 is 1. The first kappa shape index (κ1) is 26.7. The van der Waals surface area contributed by atoms with E-state index in [0.717, 1.165) is 33.2 Å². The molecular weight excluding hydrogens is 514 g/mol. The zero-order valence-electron chi connectivity index (χ0n) is 22.1. The average Bonchev–Trinajstić information content (AvgIpc) is 3.38. The monoisotopic (exact) mass is 543 g/mol. The molecule has 39 heavy (non-hydrogen) atoms. The molecule has 0 saturated carbocycles. The van der Waals surface area contributed by atoms with Crippen molar-refractivity contribution in [1.29, 1.82) is 0 Å². The Morgan fingerprint density at radius 3 is 2.72 bits per heavy atom. The predicted octanol–water partition coefficient (Wildman–Crippen LogP) is 4.62. The van der Waals surface area contributed by atoms with Gasteiger partial charge in [0.2, 0.25) is 0 Å². The molecule has 10 heteroatoms. The highest BCUT2D eigenvalue weighted by atomic mass is 35.5. The second kappa shape index (κ2) is 11.9. The molecule has 0 aliphatic rings. The fourth-order valence-corrected chi connectivity index (χ4v) is 5.16. The molecule has 0 bridgehead atoms. The summed E-state index contributed by atoms with van der Waals surface area (Å²) in [7, 11) is 1.63. The maximum Gasteiger partial charge on any atom is 0.253 e. The molecule has 3 heterocycles. The number of aryl methyl sites for hydroxylation is 2. The van der Waals surface area contributed by atoms with Crippen LogP contribution >= 0.6 is 11.6 Å². The van der Waals surface area contributed by atoms with E-state index in [4.69, 9.17) is 16.3 Å². The number of hydrogen-bond donors (Lipinski definition) is 1. The second-order valence-electron chi connectivity index (χ2n) is 9.61. The van der Waals surface area contributed by atoms with Crippen molar-refractivity contribution in [2.45, 2.75) is 39.5 Å². The lowest BCUT2D eigenvalue weighted by molar-refractivity contribution is 0.169. The number of benzene rings is 2. The first-order valence-electron chi connectivity index (χ1n) is 12.7. The Morgan fingerprint density at radius 2 is 1.95 bits per heavy atom. The molecule has 1 atom stereocenters. The van der Waals surface area contributed by atoms with Gasteiger partial charge < -0.3 is 9.72 Å². The molecule has 200 valence electrons. The summed E-state index contributed by atoms with van der Waals surface area (Å²) in [6, 6.07) is 17.1. The summed E-state index contributed by atoms with van der Waals surface area (Å²) in [5, 5.41) is 14.2. The van der Waals surface area contributed by atoms with Crippen LogP contribution in [0.2, 0.25) is 5.02 Å². The average molecular weight is 544 g/mol. The Morgan fingerprint density at radius 1 is 1.10 bits per heavy atom. The standard InChI is InChI=1S/C29H30ClN7O2/c1-19-13-20(2)26-23(14-19)15-24(29(38)32-26)27(28-33-34-35-37(28)11-12-39-3)36(17-21-7-6-10-31-16-21)18-22-8-4-5-9-25(22)30/h4-10,13-16,27H,11-12,17-18H2,1-3H3,(H,32,38)/t27-/m0/s1. The van der Waals surface area contributed by atoms with Gasteiger partial charge in [0, 0.05) is 43.2 Å². The van der Waals surface area contributed by atoms with Gasteiger partial charge in [-0.25, -0.2) is 4.68 Å². The summed E-state index contributed by atoms with van der Waals surface area (Å²) in [5.41, 5.74) is 5.19. The number of nitrogens with zero attached hydrogens (tertiary/aromatic N) is 6. The number of tetrazole rings is 1. The highest BCUT2D eigenvalue weighted by molar-refractivity contribution is 6.31. The van der Waals surface area contributed by atoms with E-state index in [-0.39, 0.29) is 5.56 Å². The van der Waals surface area contributed by atoms with Crippen molar-refractivity contribution in [3.8, 4) is 0 Å². The van der Waals surface area contributed by atoms with Crippen LogP contribution in [0.15, 0.2) is 71.8 Å². The van der Waals surface area contributed by atoms with E-state index >= 15 is 0 Å². The molecule has 0 aliphatic carbocycles. The third-order valence-corrected chi connectivity index (χ3v) is 7.10. The van der Waals surface area contributed by atoms with E-state index in [1.54, 1.807) is 18.0 Å². The van der Waals surface area contributed by atoms with Crippen LogP contribution in [0, 0.1) is 13.8 Å². The van der Waals surface area contributed by atoms with Crippen molar-refractivity contribution < 1.29 is 4.74 Å². The fraction of sp³-hybridized carbons (Fsp3) is 0.276. The highest BCUT2D eigenvalue weighted by Crippen LogP contribution is 2.32. The summed E-state index contributed by atoms with van der Waals surface area (Å²) in [6.45, 7) is 5.83. The zero-order valence-corrected chi connectivity index (χ0v) is 22.9. The number of rotatable bonds is 10. The van der Waals surface area contributed by atoms with Crippen LogP contribution in [0.5, 0.6) is 0 Å². The van der Waals surface area contributed by atoms with Gasteiger partial charge >= 0.3 is 0 Å². The molecule has 3 aromatic heterocycles. The van der Waals surface area contributed by atoms with Crippen molar-refractivity contribution in [2.24, 2.45) is 0 Å². The number of nitrogens with one attached hydrogen (secondary N) is 1. The lowest BCUT2D eigenvalue weighted by Crippen LogP contribution is -2.35. The molecule has 0 saturated heterocycles. The summed E-state index contributed by atoms with van der Waals surface area (Å²) < 4.78 is 7.00. The quantitative estimate of drug-likeness (QED) is 0.274. The van der Waals surface area contributed by atoms with Crippen molar-refractivity contribution in [3.63, 3.8) is 0 Å². The molecule has 5 aromatic rings. The van der Waals surface area contributed by atoms with Gasteiger partial charge in [-0.05, 0) is 70.6 Å². The fourth-order valence-electron chi connectivity index (χ4n) is 4.96. The molecule has 0 spiro atoms. The minimum atomic E-state index is -0.595. The van der Waals surface area contributed by atoms with E-state index in [2.05, 4.69) is 42.5 Å². The maximum absolute atomic E-state index is 13.8. The second-order valence-corrected chi connectivity index (χ2v) is 10.0. The van der Waals surface area contributed by atoms with Crippen LogP contribution < -0.4 is 5.56 Å². The Kier molecular flexibility index (Phi) is 8.11. The van der Waals surface area contributed by atoms with Crippen LogP contribution in [0.4, 0.5) is 0 Å².